The minimum Gasteiger partial charge on any atom is -0.378 e. The van der Waals surface area contributed by atoms with Gasteiger partial charge in [0.15, 0.2) is 0 Å². The van der Waals surface area contributed by atoms with Crippen LogP contribution in [0.3, 0.4) is 0 Å². The number of morpholine rings is 1. The molecule has 1 saturated heterocycles. The lowest BCUT2D eigenvalue weighted by atomic mass is 10.1. The highest BCUT2D eigenvalue weighted by Gasteiger charge is 2.22. The van der Waals surface area contributed by atoms with Crippen molar-refractivity contribution in [3.8, 4) is 0 Å². The Labute approximate surface area is 124 Å². The Hall–Kier alpha value is -1.92. The third-order valence-electron chi connectivity index (χ3n) is 3.30. The van der Waals surface area contributed by atoms with Crippen molar-refractivity contribution < 1.29 is 14.3 Å². The molecule has 0 bridgehead atoms. The molecule has 2 amide bonds. The number of hydrogen-bond acceptors (Lipinski definition) is 4. The number of hydrogen-bond donors (Lipinski definition) is 3. The van der Waals surface area contributed by atoms with Gasteiger partial charge < -0.3 is 20.7 Å². The minimum absolute atomic E-state index is 0.0767. The maximum absolute atomic E-state index is 12.1. The van der Waals surface area contributed by atoms with E-state index >= 15 is 0 Å². The van der Waals surface area contributed by atoms with Crippen LogP contribution in [0.5, 0.6) is 0 Å². The Morgan fingerprint density at radius 2 is 2.24 bits per heavy atom. The Kier molecular flexibility index (Phi) is 5.30. The number of amides is 2. The molecule has 6 nitrogen and oxygen atoms in total. The van der Waals surface area contributed by atoms with E-state index in [1.54, 1.807) is 0 Å². The average Bonchev–Trinajstić information content (AvgIpc) is 2.47. The summed E-state index contributed by atoms with van der Waals surface area (Å²) in [4.78, 5) is 23.2. The number of carbonyl (C=O) groups excluding carboxylic acids is 2. The predicted molar refractivity (Wildman–Crippen MR) is 79.9 cm³/mol. The van der Waals surface area contributed by atoms with Gasteiger partial charge in [0.25, 0.3) is 0 Å². The van der Waals surface area contributed by atoms with Crippen molar-refractivity contribution in [1.82, 2.24) is 10.6 Å². The summed E-state index contributed by atoms with van der Waals surface area (Å²) < 4.78 is 5.28. The van der Waals surface area contributed by atoms with Gasteiger partial charge in [-0.1, -0.05) is 12.1 Å². The molecule has 2 atom stereocenters. The number of nitrogens with one attached hydrogen (secondary N) is 3. The highest BCUT2D eigenvalue weighted by atomic mass is 16.5. The molecule has 114 valence electrons. The van der Waals surface area contributed by atoms with Crippen molar-refractivity contribution in [3.63, 3.8) is 0 Å². The van der Waals surface area contributed by atoms with Crippen LogP contribution in [0.15, 0.2) is 24.3 Å². The summed E-state index contributed by atoms with van der Waals surface area (Å²) >= 11 is 0. The van der Waals surface area contributed by atoms with E-state index in [9.17, 15) is 9.59 Å². The maximum Gasteiger partial charge on any atom is 0.240 e. The van der Waals surface area contributed by atoms with Crippen LogP contribution in [0.4, 0.5) is 5.69 Å². The summed E-state index contributed by atoms with van der Waals surface area (Å²) in [5.74, 6) is -0.195. The van der Waals surface area contributed by atoms with Crippen LogP contribution in [0.2, 0.25) is 0 Å². The fourth-order valence-electron chi connectivity index (χ4n) is 2.22. The van der Waals surface area contributed by atoms with E-state index in [0.717, 1.165) is 11.3 Å². The minimum atomic E-state index is -0.306. The topological polar surface area (TPSA) is 79.5 Å². The molecular weight excluding hydrogens is 270 g/mol. The van der Waals surface area contributed by atoms with E-state index in [-0.39, 0.29) is 23.9 Å². The number of anilines is 1. The smallest absolute Gasteiger partial charge is 0.240 e. The lowest BCUT2D eigenvalue weighted by Crippen LogP contribution is -2.51. The molecule has 1 aliphatic rings. The Bertz CT molecular complexity index is 513. The molecule has 1 fully saturated rings. The molecule has 2 unspecified atom stereocenters. The van der Waals surface area contributed by atoms with E-state index < -0.39 is 0 Å². The fourth-order valence-corrected chi connectivity index (χ4v) is 2.22. The third kappa shape index (κ3) is 4.54. The third-order valence-corrected chi connectivity index (χ3v) is 3.30. The first-order chi connectivity index (χ1) is 10.1. The Morgan fingerprint density at radius 1 is 1.43 bits per heavy atom. The standard InChI is InChI=1S/C15H21N3O3/c1-10(17-15(20)14-9-21-7-6-16-14)12-4-3-5-13(8-12)18-11(2)19/h3-5,8,10,14,16H,6-7,9H2,1-2H3,(H,17,20)(H,18,19). The van der Waals surface area contributed by atoms with Gasteiger partial charge in [-0.05, 0) is 24.6 Å². The van der Waals surface area contributed by atoms with Gasteiger partial charge in [-0.15, -0.1) is 0 Å². The molecule has 1 aromatic carbocycles. The van der Waals surface area contributed by atoms with Gasteiger partial charge in [-0.2, -0.15) is 0 Å². The molecule has 3 N–H and O–H groups in total. The van der Waals surface area contributed by atoms with E-state index in [2.05, 4.69) is 16.0 Å². The molecule has 0 radical (unpaired) electrons. The van der Waals surface area contributed by atoms with Gasteiger partial charge in [0.05, 0.1) is 19.3 Å². The average molecular weight is 291 g/mol. The lowest BCUT2D eigenvalue weighted by molar-refractivity contribution is -0.126. The van der Waals surface area contributed by atoms with Gasteiger partial charge in [0, 0.05) is 19.2 Å². The fraction of sp³-hybridized carbons (Fsp3) is 0.467. The lowest BCUT2D eigenvalue weighted by Gasteiger charge is -2.25. The van der Waals surface area contributed by atoms with Crippen LogP contribution in [0.1, 0.15) is 25.5 Å². The number of ether oxygens (including phenoxy) is 1. The molecule has 1 aliphatic heterocycles. The molecule has 0 aromatic heterocycles. The van der Waals surface area contributed by atoms with Crippen molar-refractivity contribution in [3.05, 3.63) is 29.8 Å². The highest BCUT2D eigenvalue weighted by Crippen LogP contribution is 2.17. The molecule has 2 rings (SSSR count). The van der Waals surface area contributed by atoms with Crippen molar-refractivity contribution in [2.45, 2.75) is 25.9 Å². The largest absolute Gasteiger partial charge is 0.378 e. The van der Waals surface area contributed by atoms with Crippen LogP contribution < -0.4 is 16.0 Å². The van der Waals surface area contributed by atoms with E-state index in [4.69, 9.17) is 4.74 Å². The summed E-state index contributed by atoms with van der Waals surface area (Å²) in [6.07, 6.45) is 0. The second kappa shape index (κ2) is 7.19. The summed E-state index contributed by atoms with van der Waals surface area (Å²) in [5, 5.41) is 8.80. The van der Waals surface area contributed by atoms with Crippen molar-refractivity contribution in [1.29, 1.82) is 0 Å². The monoisotopic (exact) mass is 291 g/mol. The second-order valence-electron chi connectivity index (χ2n) is 5.12. The maximum atomic E-state index is 12.1. The van der Waals surface area contributed by atoms with E-state index in [0.29, 0.717) is 19.8 Å². The van der Waals surface area contributed by atoms with Crippen LogP contribution >= 0.6 is 0 Å². The number of carbonyl (C=O) groups is 2. The van der Waals surface area contributed by atoms with E-state index in [1.165, 1.54) is 6.92 Å². The first-order valence-corrected chi connectivity index (χ1v) is 7.05. The van der Waals surface area contributed by atoms with Gasteiger partial charge in [-0.25, -0.2) is 0 Å². The van der Waals surface area contributed by atoms with Crippen LogP contribution in [-0.4, -0.2) is 37.6 Å². The molecule has 1 aromatic rings. The van der Waals surface area contributed by atoms with Crippen molar-refractivity contribution in [2.75, 3.05) is 25.1 Å². The van der Waals surface area contributed by atoms with Crippen LogP contribution in [0.25, 0.3) is 0 Å². The van der Waals surface area contributed by atoms with Crippen molar-refractivity contribution in [2.24, 2.45) is 0 Å². The predicted octanol–water partition coefficient (Wildman–Crippen LogP) is 0.811. The highest BCUT2D eigenvalue weighted by molar-refractivity contribution is 5.88. The van der Waals surface area contributed by atoms with Gasteiger partial charge in [-0.3, -0.25) is 9.59 Å². The zero-order valence-corrected chi connectivity index (χ0v) is 12.3. The molecule has 21 heavy (non-hydrogen) atoms. The van der Waals surface area contributed by atoms with Gasteiger partial charge in [0.2, 0.25) is 11.8 Å². The molecule has 0 spiro atoms. The molecular formula is C15H21N3O3. The molecule has 0 aliphatic carbocycles. The Morgan fingerprint density at radius 3 is 2.90 bits per heavy atom. The zero-order chi connectivity index (χ0) is 15.2. The first-order valence-electron chi connectivity index (χ1n) is 7.05. The van der Waals surface area contributed by atoms with Gasteiger partial charge >= 0.3 is 0 Å². The number of benzene rings is 1. The zero-order valence-electron chi connectivity index (χ0n) is 12.3. The molecule has 1 heterocycles. The molecule has 0 saturated carbocycles. The number of rotatable bonds is 4. The van der Waals surface area contributed by atoms with Crippen LogP contribution in [-0.2, 0) is 14.3 Å². The first kappa shape index (κ1) is 15.5. The second-order valence-corrected chi connectivity index (χ2v) is 5.12. The van der Waals surface area contributed by atoms with E-state index in [1.807, 2.05) is 31.2 Å². The SMILES string of the molecule is CC(=O)Nc1cccc(C(C)NC(=O)C2COCCN2)c1. The van der Waals surface area contributed by atoms with Crippen molar-refractivity contribution >= 4 is 17.5 Å². The summed E-state index contributed by atoms with van der Waals surface area (Å²) in [5.41, 5.74) is 1.66. The quantitative estimate of drug-likeness (QED) is 0.767. The Balaban J connectivity index is 1.97. The summed E-state index contributed by atoms with van der Waals surface area (Å²) in [7, 11) is 0. The molecule has 6 heteroatoms. The summed E-state index contributed by atoms with van der Waals surface area (Å²) in [6, 6.07) is 6.99. The van der Waals surface area contributed by atoms with Gasteiger partial charge in [0.1, 0.15) is 6.04 Å². The summed E-state index contributed by atoms with van der Waals surface area (Å²) in [6.45, 7) is 5.09. The van der Waals surface area contributed by atoms with Crippen LogP contribution in [0, 0.1) is 0 Å². The normalized spacial score (nSPS) is 19.6.